The zero-order valence-corrected chi connectivity index (χ0v) is 36.3. The molecule has 0 radical (unpaired) electrons. The normalized spacial score (nSPS) is 14.3. The average Bonchev–Trinajstić information content (AvgIpc) is 3.18. The molecular formula is C45H85O9P. The van der Waals surface area contributed by atoms with Crippen LogP contribution in [0.25, 0.3) is 0 Å². The van der Waals surface area contributed by atoms with Crippen LogP contribution in [-0.4, -0.2) is 66.3 Å². The summed E-state index contributed by atoms with van der Waals surface area (Å²) in [4.78, 5) is 22.6. The lowest BCUT2D eigenvalue weighted by Gasteiger charge is -2.20. The summed E-state index contributed by atoms with van der Waals surface area (Å²) in [5.41, 5.74) is 0. The molecule has 0 aliphatic carbocycles. The Hall–Kier alpha value is -1.32. The number of carbonyl (C=O) groups is 1. The molecule has 10 heteroatoms. The third-order valence-corrected chi connectivity index (χ3v) is 10.5. The van der Waals surface area contributed by atoms with Crippen molar-refractivity contribution in [2.24, 2.45) is 0 Å². The number of hydrogen-bond acceptors (Lipinski definition) is 8. The molecule has 0 aromatic rings. The molecule has 9 nitrogen and oxygen atoms in total. The van der Waals surface area contributed by atoms with Crippen LogP contribution >= 0.6 is 7.82 Å². The lowest BCUT2D eigenvalue weighted by molar-refractivity contribution is -0.154. The van der Waals surface area contributed by atoms with E-state index in [1.54, 1.807) is 0 Å². The average molecular weight is 801 g/mol. The Balaban J connectivity index is 4.15. The van der Waals surface area contributed by atoms with E-state index in [0.717, 1.165) is 57.8 Å². The molecule has 3 unspecified atom stereocenters. The third kappa shape index (κ3) is 42.1. The van der Waals surface area contributed by atoms with Gasteiger partial charge < -0.3 is 24.6 Å². The molecule has 3 N–H and O–H groups in total. The summed E-state index contributed by atoms with van der Waals surface area (Å²) in [6.45, 7) is 3.48. The van der Waals surface area contributed by atoms with Crippen LogP contribution in [0.3, 0.4) is 0 Å². The second-order valence-electron chi connectivity index (χ2n) is 15.1. The highest BCUT2D eigenvalue weighted by Gasteiger charge is 2.26. The first-order valence-corrected chi connectivity index (χ1v) is 24.0. The molecule has 0 aromatic heterocycles. The molecule has 0 heterocycles. The summed E-state index contributed by atoms with van der Waals surface area (Å²) < 4.78 is 33.4. The maximum Gasteiger partial charge on any atom is 0.472 e. The number of aliphatic hydroxyl groups is 2. The van der Waals surface area contributed by atoms with Crippen LogP contribution in [0.4, 0.5) is 0 Å². The van der Waals surface area contributed by atoms with Crippen molar-refractivity contribution in [3.8, 4) is 0 Å². The highest BCUT2D eigenvalue weighted by atomic mass is 31.2. The SMILES string of the molecule is CCCCC/C=C\C/C=C\CCCCCCCCCCCC(=O)OC(COCCCCCCCC/C=C\CCCCCCC)COP(=O)(O)OCC(O)CO. The van der Waals surface area contributed by atoms with Gasteiger partial charge in [-0.25, -0.2) is 4.57 Å². The molecule has 324 valence electrons. The molecule has 3 atom stereocenters. The van der Waals surface area contributed by atoms with Gasteiger partial charge in [0.25, 0.3) is 0 Å². The lowest BCUT2D eigenvalue weighted by atomic mass is 10.1. The number of carbonyl (C=O) groups excluding carboxylic acids is 1. The molecule has 0 fully saturated rings. The van der Waals surface area contributed by atoms with Gasteiger partial charge in [-0.15, -0.1) is 0 Å². The van der Waals surface area contributed by atoms with Crippen molar-refractivity contribution in [3.63, 3.8) is 0 Å². The number of hydrogen-bond donors (Lipinski definition) is 3. The Morgan fingerprint density at radius 1 is 0.564 bits per heavy atom. The Kier molecular flexibility index (Phi) is 41.3. The van der Waals surface area contributed by atoms with Crippen LogP contribution in [0.1, 0.15) is 200 Å². The maximum absolute atomic E-state index is 12.6. The Labute approximate surface area is 337 Å². The van der Waals surface area contributed by atoms with E-state index in [9.17, 15) is 19.4 Å². The van der Waals surface area contributed by atoms with Gasteiger partial charge >= 0.3 is 13.8 Å². The van der Waals surface area contributed by atoms with Crippen molar-refractivity contribution in [1.82, 2.24) is 0 Å². The van der Waals surface area contributed by atoms with Gasteiger partial charge in [0.2, 0.25) is 0 Å². The van der Waals surface area contributed by atoms with Crippen molar-refractivity contribution in [3.05, 3.63) is 36.5 Å². The number of ether oxygens (including phenoxy) is 2. The second-order valence-corrected chi connectivity index (χ2v) is 16.5. The number of phosphoric ester groups is 1. The Bertz CT molecular complexity index is 955. The highest BCUT2D eigenvalue weighted by Crippen LogP contribution is 2.43. The predicted molar refractivity (Wildman–Crippen MR) is 228 cm³/mol. The van der Waals surface area contributed by atoms with Crippen LogP contribution in [0.15, 0.2) is 36.5 Å². The van der Waals surface area contributed by atoms with Crippen LogP contribution in [0.5, 0.6) is 0 Å². The molecular weight excluding hydrogens is 715 g/mol. The summed E-state index contributed by atoms with van der Waals surface area (Å²) in [7, 11) is -4.52. The van der Waals surface area contributed by atoms with Crippen LogP contribution in [0.2, 0.25) is 0 Å². The van der Waals surface area contributed by atoms with Gasteiger partial charge in [-0.05, 0) is 70.6 Å². The molecule has 0 aliphatic heterocycles. The molecule has 55 heavy (non-hydrogen) atoms. The standard InChI is InChI=1S/C45H85O9P/c1-3-5-7-9-11-13-15-17-19-20-21-22-23-25-27-29-31-33-35-37-45(48)54-44(42-53-55(49,50)52-40-43(47)39-46)41-51-38-36-34-32-30-28-26-24-18-16-14-12-10-8-6-4-2/h11,13,16-19,43-44,46-47H,3-10,12,14-15,20-42H2,1-2H3,(H,49,50)/b13-11-,18-16-,19-17-. The fourth-order valence-corrected chi connectivity index (χ4v) is 6.88. The van der Waals surface area contributed by atoms with E-state index in [0.29, 0.717) is 6.61 Å². The number of phosphoric acid groups is 1. The Morgan fingerprint density at radius 2 is 0.982 bits per heavy atom. The van der Waals surface area contributed by atoms with Crippen molar-refractivity contribution in [1.29, 1.82) is 0 Å². The van der Waals surface area contributed by atoms with Crippen molar-refractivity contribution in [2.45, 2.75) is 212 Å². The zero-order valence-electron chi connectivity index (χ0n) is 35.4. The first-order chi connectivity index (χ1) is 26.8. The minimum atomic E-state index is -4.52. The molecule has 0 aliphatic rings. The second kappa shape index (κ2) is 42.3. The molecule has 0 saturated heterocycles. The van der Waals surface area contributed by atoms with Crippen LogP contribution in [0, 0.1) is 0 Å². The molecule has 0 amide bonds. The number of esters is 1. The summed E-state index contributed by atoms with van der Waals surface area (Å²) in [5.74, 6) is -0.388. The van der Waals surface area contributed by atoms with Gasteiger partial charge in [-0.1, -0.05) is 159 Å². The van der Waals surface area contributed by atoms with Crippen LogP contribution < -0.4 is 0 Å². The van der Waals surface area contributed by atoms with E-state index in [-0.39, 0.29) is 25.6 Å². The minimum Gasteiger partial charge on any atom is -0.457 e. The van der Waals surface area contributed by atoms with Crippen molar-refractivity contribution >= 4 is 13.8 Å². The fraction of sp³-hybridized carbons (Fsp3) is 0.844. The van der Waals surface area contributed by atoms with Crippen molar-refractivity contribution < 1.29 is 43.0 Å². The maximum atomic E-state index is 12.6. The molecule has 0 rings (SSSR count). The van der Waals surface area contributed by atoms with E-state index in [1.165, 1.54) is 122 Å². The van der Waals surface area contributed by atoms with E-state index < -0.39 is 33.2 Å². The minimum absolute atomic E-state index is 0.0444. The number of unbranched alkanes of at least 4 members (excludes halogenated alkanes) is 23. The smallest absolute Gasteiger partial charge is 0.457 e. The topological polar surface area (TPSA) is 132 Å². The highest BCUT2D eigenvalue weighted by molar-refractivity contribution is 7.47. The van der Waals surface area contributed by atoms with Gasteiger partial charge in [0.15, 0.2) is 0 Å². The summed E-state index contributed by atoms with van der Waals surface area (Å²) in [6, 6.07) is 0. The fourth-order valence-electron chi connectivity index (χ4n) is 6.09. The zero-order chi connectivity index (χ0) is 40.3. The molecule has 0 spiro atoms. The predicted octanol–water partition coefficient (Wildman–Crippen LogP) is 12.4. The van der Waals surface area contributed by atoms with E-state index in [2.05, 4.69) is 50.3 Å². The van der Waals surface area contributed by atoms with Crippen LogP contribution in [-0.2, 0) is 27.9 Å². The monoisotopic (exact) mass is 801 g/mol. The van der Waals surface area contributed by atoms with Gasteiger partial charge in [0, 0.05) is 13.0 Å². The number of aliphatic hydroxyl groups excluding tert-OH is 2. The third-order valence-electron chi connectivity index (χ3n) is 9.55. The van der Waals surface area contributed by atoms with Gasteiger partial charge in [-0.3, -0.25) is 13.8 Å². The summed E-state index contributed by atoms with van der Waals surface area (Å²) >= 11 is 0. The van der Waals surface area contributed by atoms with Gasteiger partial charge in [0.1, 0.15) is 12.2 Å². The molecule has 0 saturated carbocycles. The quantitative estimate of drug-likeness (QED) is 0.0239. The van der Waals surface area contributed by atoms with Gasteiger partial charge in [0.05, 0.1) is 26.4 Å². The first-order valence-electron chi connectivity index (χ1n) is 22.5. The van der Waals surface area contributed by atoms with Gasteiger partial charge in [-0.2, -0.15) is 0 Å². The largest absolute Gasteiger partial charge is 0.472 e. The summed E-state index contributed by atoms with van der Waals surface area (Å²) in [6.07, 6.45) is 45.2. The Morgan fingerprint density at radius 3 is 1.51 bits per heavy atom. The van der Waals surface area contributed by atoms with E-state index in [4.69, 9.17) is 23.6 Å². The summed E-state index contributed by atoms with van der Waals surface area (Å²) in [5, 5.41) is 18.4. The van der Waals surface area contributed by atoms with Crippen molar-refractivity contribution in [2.75, 3.05) is 33.0 Å². The number of allylic oxidation sites excluding steroid dienone is 6. The first kappa shape index (κ1) is 53.7. The molecule has 0 bridgehead atoms. The number of rotatable bonds is 43. The lowest BCUT2D eigenvalue weighted by Crippen LogP contribution is -2.29. The molecule has 0 aromatic carbocycles. The van der Waals surface area contributed by atoms with E-state index in [1.807, 2.05) is 0 Å². The van der Waals surface area contributed by atoms with E-state index >= 15 is 0 Å².